The van der Waals surface area contributed by atoms with Crippen LogP contribution in [0.15, 0.2) is 121 Å². The van der Waals surface area contributed by atoms with Crippen molar-refractivity contribution in [3.63, 3.8) is 0 Å². The Balaban J connectivity index is 1.35. The number of fused-ring (bicyclic) bond motifs is 17. The SMILES string of the molecule is C[Si](C)(C)c1ccc2c(c1)c1cc([Si](C)(C)C)cc3c1n2-c1cccc2c1B3c1cc3c4ccccc4c4ccccc4c3c3c4cc([Si](C)(C)C)ccc4n-2c13. The average molecular weight is 783 g/mol. The summed E-state index contributed by atoms with van der Waals surface area (Å²) in [6.07, 6.45) is 0. The van der Waals surface area contributed by atoms with Crippen molar-refractivity contribution in [3.8, 4) is 11.4 Å². The lowest BCUT2D eigenvalue weighted by molar-refractivity contribution is 1.14. The van der Waals surface area contributed by atoms with Gasteiger partial charge >= 0.3 is 0 Å². The third-order valence-electron chi connectivity index (χ3n) is 13.7. The summed E-state index contributed by atoms with van der Waals surface area (Å²) >= 11 is 0. The van der Waals surface area contributed by atoms with Crippen molar-refractivity contribution < 1.29 is 0 Å². The predicted octanol–water partition coefficient (Wildman–Crippen LogP) is 10.1. The molecule has 12 rings (SSSR count). The fourth-order valence-corrected chi connectivity index (χ4v) is 14.3. The van der Waals surface area contributed by atoms with Crippen LogP contribution in [-0.2, 0) is 0 Å². The summed E-state index contributed by atoms with van der Waals surface area (Å²) in [7, 11) is -4.92. The van der Waals surface area contributed by atoms with Gasteiger partial charge in [-0.2, -0.15) is 0 Å². The van der Waals surface area contributed by atoms with Crippen LogP contribution < -0.4 is 31.9 Å². The van der Waals surface area contributed by atoms with E-state index in [1.807, 2.05) is 0 Å². The molecule has 0 radical (unpaired) electrons. The highest BCUT2D eigenvalue weighted by Gasteiger charge is 2.42. The van der Waals surface area contributed by atoms with Crippen LogP contribution in [0.1, 0.15) is 0 Å². The van der Waals surface area contributed by atoms with Gasteiger partial charge in [0.1, 0.15) is 0 Å². The maximum atomic E-state index is 2.67. The van der Waals surface area contributed by atoms with Crippen LogP contribution in [0.3, 0.4) is 0 Å². The van der Waals surface area contributed by atoms with Crippen molar-refractivity contribution in [2.75, 3.05) is 0 Å². The van der Waals surface area contributed by atoms with Gasteiger partial charge < -0.3 is 9.13 Å². The van der Waals surface area contributed by atoms with Gasteiger partial charge in [0.15, 0.2) is 0 Å². The van der Waals surface area contributed by atoms with Crippen molar-refractivity contribution in [3.05, 3.63) is 121 Å². The summed E-state index contributed by atoms with van der Waals surface area (Å²) in [6, 6.07) is 48.3. The third-order valence-corrected chi connectivity index (χ3v) is 19.8. The Morgan fingerprint density at radius 2 is 0.860 bits per heavy atom. The first-order chi connectivity index (χ1) is 27.2. The van der Waals surface area contributed by atoms with E-state index in [0.29, 0.717) is 0 Å². The Kier molecular flexibility index (Phi) is 6.47. The minimum atomic E-state index is -1.73. The molecule has 2 aromatic heterocycles. The minimum absolute atomic E-state index is 0.105. The van der Waals surface area contributed by atoms with Crippen molar-refractivity contribution in [1.29, 1.82) is 0 Å². The predicted molar refractivity (Wildman–Crippen MR) is 261 cm³/mol. The fraction of sp³-hybridized carbons (Fsp3) is 0.176. The molecule has 0 bridgehead atoms. The summed E-state index contributed by atoms with van der Waals surface area (Å²) in [4.78, 5) is 0. The second-order valence-electron chi connectivity index (χ2n) is 20.2. The molecule has 10 aromatic rings. The van der Waals surface area contributed by atoms with E-state index >= 15 is 0 Å². The van der Waals surface area contributed by atoms with Crippen LogP contribution in [0.25, 0.3) is 87.3 Å². The number of aromatic nitrogens is 2. The Morgan fingerprint density at radius 3 is 1.47 bits per heavy atom. The number of hydrogen-bond donors (Lipinski definition) is 0. The van der Waals surface area contributed by atoms with Gasteiger partial charge in [0.05, 0.1) is 40.8 Å². The maximum Gasteiger partial charge on any atom is 0.252 e. The van der Waals surface area contributed by atoms with Gasteiger partial charge in [0.25, 0.3) is 6.71 Å². The summed E-state index contributed by atoms with van der Waals surface area (Å²) in [5.74, 6) is 0. The molecule has 57 heavy (non-hydrogen) atoms. The Morgan fingerprint density at radius 1 is 0.368 bits per heavy atom. The Bertz CT molecular complexity index is 3480. The summed E-state index contributed by atoms with van der Waals surface area (Å²) in [6.45, 7) is 22.6. The first kappa shape index (κ1) is 33.9. The lowest BCUT2D eigenvalue weighted by atomic mass is 9.34. The second-order valence-corrected chi connectivity index (χ2v) is 35.4. The van der Waals surface area contributed by atoms with E-state index < -0.39 is 24.2 Å². The standard InChI is InChI=1S/C51H47BN2Si3/c1-55(2,3)30-21-23-43-37(25-30)39-27-32(57(7,8)9)28-41-50(39)53(43)45-19-14-20-46-49(45)52(41)42-29-38-35-17-11-10-15-33(35)34-16-12-13-18-36(34)47(38)48-40-26-31(56(4,5)6)22-24-44(40)54(46)51(42)48/h10-29H,1-9H3. The number of rotatable bonds is 3. The lowest BCUT2D eigenvalue weighted by Crippen LogP contribution is -2.60. The van der Waals surface area contributed by atoms with Gasteiger partial charge in [0.2, 0.25) is 0 Å². The van der Waals surface area contributed by atoms with Crippen molar-refractivity contribution in [2.45, 2.75) is 58.9 Å². The molecule has 4 heterocycles. The van der Waals surface area contributed by atoms with Crippen LogP contribution in [0, 0.1) is 0 Å². The van der Waals surface area contributed by atoms with Gasteiger partial charge in [-0.3, -0.25) is 0 Å². The zero-order chi connectivity index (χ0) is 39.1. The molecule has 2 aliphatic heterocycles. The smallest absolute Gasteiger partial charge is 0.252 e. The highest BCUT2D eigenvalue weighted by Crippen LogP contribution is 2.45. The highest BCUT2D eigenvalue weighted by molar-refractivity contribution is 7.01. The largest absolute Gasteiger partial charge is 0.310 e. The van der Waals surface area contributed by atoms with Crippen LogP contribution in [0.2, 0.25) is 58.9 Å². The molecule has 0 saturated heterocycles. The molecular formula is C51H47BN2Si3. The van der Waals surface area contributed by atoms with Crippen LogP contribution in [0.5, 0.6) is 0 Å². The molecule has 0 spiro atoms. The molecule has 0 atom stereocenters. The molecule has 276 valence electrons. The quantitative estimate of drug-likeness (QED) is 0.125. The number of hydrogen-bond acceptors (Lipinski definition) is 0. The van der Waals surface area contributed by atoms with E-state index in [1.54, 1.807) is 5.19 Å². The zero-order valence-electron chi connectivity index (χ0n) is 34.5. The molecule has 0 unspecified atom stereocenters. The first-order valence-electron chi connectivity index (χ1n) is 20.8. The van der Waals surface area contributed by atoms with Crippen LogP contribution >= 0.6 is 0 Å². The average Bonchev–Trinajstić information content (AvgIpc) is 3.70. The highest BCUT2D eigenvalue weighted by atomic mass is 28.3. The third kappa shape index (κ3) is 4.36. The minimum Gasteiger partial charge on any atom is -0.310 e. The number of benzene rings is 8. The van der Waals surface area contributed by atoms with E-state index in [0.717, 1.165) is 0 Å². The Hall–Kier alpha value is -5.14. The van der Waals surface area contributed by atoms with E-state index in [9.17, 15) is 0 Å². The molecule has 2 nitrogen and oxygen atoms in total. The molecule has 0 amide bonds. The van der Waals surface area contributed by atoms with Gasteiger partial charge in [-0.25, -0.2) is 0 Å². The monoisotopic (exact) mass is 782 g/mol. The molecule has 0 fully saturated rings. The molecule has 0 saturated carbocycles. The van der Waals surface area contributed by atoms with Crippen molar-refractivity contribution in [1.82, 2.24) is 9.13 Å². The molecule has 0 aliphatic carbocycles. The number of nitrogens with zero attached hydrogens (tertiary/aromatic N) is 2. The normalized spacial score (nSPS) is 14.0. The van der Waals surface area contributed by atoms with Gasteiger partial charge in [0, 0.05) is 43.8 Å². The van der Waals surface area contributed by atoms with Crippen LogP contribution in [-0.4, -0.2) is 40.1 Å². The van der Waals surface area contributed by atoms with Gasteiger partial charge in [-0.15, -0.1) is 0 Å². The van der Waals surface area contributed by atoms with E-state index in [2.05, 4.69) is 189 Å². The van der Waals surface area contributed by atoms with Crippen LogP contribution in [0.4, 0.5) is 0 Å². The van der Waals surface area contributed by atoms with Crippen molar-refractivity contribution >= 4 is 139 Å². The van der Waals surface area contributed by atoms with Crippen molar-refractivity contribution in [2.24, 2.45) is 0 Å². The van der Waals surface area contributed by atoms with E-state index in [-0.39, 0.29) is 6.71 Å². The summed E-state index contributed by atoms with van der Waals surface area (Å²) < 4.78 is 5.32. The topological polar surface area (TPSA) is 9.86 Å². The van der Waals surface area contributed by atoms with E-state index in [1.165, 1.54) is 114 Å². The van der Waals surface area contributed by atoms with Gasteiger partial charge in [-0.05, 0) is 67.6 Å². The summed E-state index contributed by atoms with van der Waals surface area (Å²) in [5, 5.41) is 18.3. The van der Waals surface area contributed by atoms with E-state index in [4.69, 9.17) is 0 Å². The fourth-order valence-electron chi connectivity index (χ4n) is 10.8. The summed E-state index contributed by atoms with van der Waals surface area (Å²) in [5.41, 5.74) is 12.4. The zero-order valence-corrected chi connectivity index (χ0v) is 37.5. The molecule has 0 N–H and O–H groups in total. The van der Waals surface area contributed by atoms with Gasteiger partial charge in [-0.1, -0.05) is 172 Å². The lowest BCUT2D eigenvalue weighted by Gasteiger charge is -2.34. The second kappa shape index (κ2) is 10.9. The molecule has 6 heteroatoms. The first-order valence-corrected chi connectivity index (χ1v) is 31.3. The molecule has 2 aliphatic rings. The molecular weight excluding hydrogens is 736 g/mol. The maximum absolute atomic E-state index is 2.67. The Labute approximate surface area is 337 Å². The molecule has 8 aromatic carbocycles.